The lowest BCUT2D eigenvalue weighted by molar-refractivity contribution is 0.339. The van der Waals surface area contributed by atoms with Crippen LogP contribution < -0.4 is 5.73 Å². The number of hydrogen-bond acceptors (Lipinski definition) is 1. The lowest BCUT2D eigenvalue weighted by atomic mass is 9.85. The quantitative estimate of drug-likeness (QED) is 0.857. The Morgan fingerprint density at radius 2 is 1.94 bits per heavy atom. The van der Waals surface area contributed by atoms with E-state index in [-0.39, 0.29) is 5.92 Å². The molecule has 1 atom stereocenters. The van der Waals surface area contributed by atoms with Gasteiger partial charge in [-0.25, -0.2) is 8.78 Å². The summed E-state index contributed by atoms with van der Waals surface area (Å²) in [5, 5.41) is 0. The van der Waals surface area contributed by atoms with Gasteiger partial charge in [-0.2, -0.15) is 0 Å². The van der Waals surface area contributed by atoms with Crippen LogP contribution in [0, 0.1) is 23.5 Å². The first-order chi connectivity index (χ1) is 8.22. The Morgan fingerprint density at radius 1 is 1.24 bits per heavy atom. The molecule has 1 fully saturated rings. The molecule has 3 heteroatoms. The molecule has 94 valence electrons. The minimum absolute atomic E-state index is 0.286. The summed E-state index contributed by atoms with van der Waals surface area (Å²) in [6.07, 6.45) is 5.40. The lowest BCUT2D eigenvalue weighted by Crippen LogP contribution is -2.24. The van der Waals surface area contributed by atoms with Crippen molar-refractivity contribution in [3.8, 4) is 0 Å². The van der Waals surface area contributed by atoms with Crippen LogP contribution in [-0.2, 0) is 6.42 Å². The highest BCUT2D eigenvalue weighted by molar-refractivity contribution is 5.19. The molecule has 0 aliphatic heterocycles. The van der Waals surface area contributed by atoms with Crippen molar-refractivity contribution in [1.29, 1.82) is 0 Å². The van der Waals surface area contributed by atoms with Crippen LogP contribution in [0.5, 0.6) is 0 Å². The van der Waals surface area contributed by atoms with Crippen molar-refractivity contribution in [2.45, 2.75) is 32.1 Å². The maximum atomic E-state index is 13.6. The van der Waals surface area contributed by atoms with Crippen LogP contribution in [0.4, 0.5) is 8.78 Å². The molecule has 0 heterocycles. The van der Waals surface area contributed by atoms with E-state index in [2.05, 4.69) is 0 Å². The first-order valence-corrected chi connectivity index (χ1v) is 6.35. The van der Waals surface area contributed by atoms with Gasteiger partial charge in [-0.05, 0) is 36.4 Å². The third-order valence-corrected chi connectivity index (χ3v) is 3.88. The highest BCUT2D eigenvalue weighted by Crippen LogP contribution is 2.33. The Labute approximate surface area is 101 Å². The van der Waals surface area contributed by atoms with E-state index in [4.69, 9.17) is 5.73 Å². The minimum atomic E-state index is -0.760. The summed E-state index contributed by atoms with van der Waals surface area (Å²) in [6.45, 7) is 0.556. The predicted octanol–water partition coefficient (Wildman–Crippen LogP) is 3.27. The largest absolute Gasteiger partial charge is 0.330 e. The second-order valence-electron chi connectivity index (χ2n) is 4.96. The highest BCUT2D eigenvalue weighted by atomic mass is 19.2. The first-order valence-electron chi connectivity index (χ1n) is 6.35. The van der Waals surface area contributed by atoms with E-state index >= 15 is 0 Å². The van der Waals surface area contributed by atoms with E-state index in [1.807, 2.05) is 0 Å². The molecule has 1 nitrogen and oxygen atoms in total. The van der Waals surface area contributed by atoms with E-state index in [0.29, 0.717) is 24.4 Å². The molecule has 0 bridgehead atoms. The molecular formula is C14H19F2N. The maximum absolute atomic E-state index is 13.6. The van der Waals surface area contributed by atoms with Crippen LogP contribution in [0.3, 0.4) is 0 Å². The number of nitrogens with two attached hydrogens (primary N) is 1. The molecule has 1 aliphatic rings. The van der Waals surface area contributed by atoms with Gasteiger partial charge in [-0.15, -0.1) is 0 Å². The molecule has 1 aromatic rings. The van der Waals surface area contributed by atoms with Crippen molar-refractivity contribution >= 4 is 0 Å². The zero-order valence-corrected chi connectivity index (χ0v) is 9.96. The molecule has 0 radical (unpaired) electrons. The molecule has 0 saturated heterocycles. The van der Waals surface area contributed by atoms with E-state index in [0.717, 1.165) is 6.07 Å². The van der Waals surface area contributed by atoms with Crippen molar-refractivity contribution < 1.29 is 8.78 Å². The Kier molecular flexibility index (Phi) is 4.11. The van der Waals surface area contributed by atoms with Gasteiger partial charge in [0.2, 0.25) is 0 Å². The van der Waals surface area contributed by atoms with Crippen molar-refractivity contribution in [3.05, 3.63) is 35.4 Å². The summed E-state index contributed by atoms with van der Waals surface area (Å²) in [6, 6.07) is 4.39. The molecule has 17 heavy (non-hydrogen) atoms. The van der Waals surface area contributed by atoms with Crippen LogP contribution in [0.15, 0.2) is 18.2 Å². The van der Waals surface area contributed by atoms with Crippen LogP contribution in [0.2, 0.25) is 0 Å². The van der Waals surface area contributed by atoms with Gasteiger partial charge in [-0.3, -0.25) is 0 Å². The molecule has 0 amide bonds. The van der Waals surface area contributed by atoms with Crippen molar-refractivity contribution in [1.82, 2.24) is 0 Å². The smallest absolute Gasteiger partial charge is 0.162 e. The summed E-state index contributed by atoms with van der Waals surface area (Å²) in [7, 11) is 0. The van der Waals surface area contributed by atoms with Gasteiger partial charge in [0.05, 0.1) is 0 Å². The molecule has 1 unspecified atom stereocenters. The topological polar surface area (TPSA) is 26.0 Å². The summed E-state index contributed by atoms with van der Waals surface area (Å²) < 4.78 is 26.7. The first kappa shape index (κ1) is 12.5. The number of hydrogen-bond donors (Lipinski definition) is 1. The molecule has 0 aromatic heterocycles. The van der Waals surface area contributed by atoms with Crippen molar-refractivity contribution in [2.75, 3.05) is 6.54 Å². The fourth-order valence-electron chi connectivity index (χ4n) is 2.86. The van der Waals surface area contributed by atoms with Crippen LogP contribution in [0.1, 0.15) is 31.2 Å². The average Bonchev–Trinajstić information content (AvgIpc) is 2.85. The lowest BCUT2D eigenvalue weighted by Gasteiger charge is -2.22. The summed E-state index contributed by atoms with van der Waals surface area (Å²) in [5.74, 6) is -0.592. The highest BCUT2D eigenvalue weighted by Gasteiger charge is 2.25. The molecule has 1 saturated carbocycles. The Morgan fingerprint density at radius 3 is 2.59 bits per heavy atom. The second kappa shape index (κ2) is 5.58. The number of halogens is 2. The zero-order chi connectivity index (χ0) is 12.3. The number of benzene rings is 1. The van der Waals surface area contributed by atoms with E-state index in [1.165, 1.54) is 25.7 Å². The molecule has 2 rings (SSSR count). The van der Waals surface area contributed by atoms with Crippen LogP contribution >= 0.6 is 0 Å². The Hall–Kier alpha value is -0.960. The number of rotatable bonds is 4. The van der Waals surface area contributed by atoms with Gasteiger partial charge in [0.1, 0.15) is 0 Å². The normalized spacial score (nSPS) is 18.5. The third kappa shape index (κ3) is 2.83. The van der Waals surface area contributed by atoms with E-state index in [9.17, 15) is 8.78 Å². The monoisotopic (exact) mass is 239 g/mol. The SMILES string of the molecule is NCC(Cc1cccc(F)c1F)C1CCCC1. The molecular weight excluding hydrogens is 220 g/mol. The Bertz CT molecular complexity index is 372. The van der Waals surface area contributed by atoms with E-state index < -0.39 is 11.6 Å². The van der Waals surface area contributed by atoms with Gasteiger partial charge in [0.25, 0.3) is 0 Å². The standard InChI is InChI=1S/C14H19F2N/c15-13-7-3-6-11(14(13)16)8-12(9-17)10-4-1-2-5-10/h3,6-7,10,12H,1-2,4-5,8-9,17H2. The molecule has 1 aromatic carbocycles. The van der Waals surface area contributed by atoms with E-state index in [1.54, 1.807) is 12.1 Å². The van der Waals surface area contributed by atoms with Gasteiger partial charge in [0, 0.05) is 0 Å². The fourth-order valence-corrected chi connectivity index (χ4v) is 2.86. The van der Waals surface area contributed by atoms with Gasteiger partial charge in [-0.1, -0.05) is 37.8 Å². The maximum Gasteiger partial charge on any atom is 0.162 e. The fraction of sp³-hybridized carbons (Fsp3) is 0.571. The molecule has 0 spiro atoms. The van der Waals surface area contributed by atoms with Crippen LogP contribution in [0.25, 0.3) is 0 Å². The predicted molar refractivity (Wildman–Crippen MR) is 64.6 cm³/mol. The second-order valence-corrected chi connectivity index (χ2v) is 4.96. The van der Waals surface area contributed by atoms with Gasteiger partial charge >= 0.3 is 0 Å². The summed E-state index contributed by atoms with van der Waals surface area (Å²) >= 11 is 0. The summed E-state index contributed by atoms with van der Waals surface area (Å²) in [5.41, 5.74) is 6.24. The molecule has 1 aliphatic carbocycles. The average molecular weight is 239 g/mol. The zero-order valence-electron chi connectivity index (χ0n) is 9.96. The Balaban J connectivity index is 2.09. The van der Waals surface area contributed by atoms with Gasteiger partial charge < -0.3 is 5.73 Å². The minimum Gasteiger partial charge on any atom is -0.330 e. The summed E-state index contributed by atoms with van der Waals surface area (Å²) in [4.78, 5) is 0. The third-order valence-electron chi connectivity index (χ3n) is 3.88. The van der Waals surface area contributed by atoms with Gasteiger partial charge in [0.15, 0.2) is 11.6 Å². The molecule has 2 N–H and O–H groups in total. The van der Waals surface area contributed by atoms with Crippen molar-refractivity contribution in [2.24, 2.45) is 17.6 Å². The van der Waals surface area contributed by atoms with Crippen LogP contribution in [-0.4, -0.2) is 6.54 Å². The van der Waals surface area contributed by atoms with Crippen molar-refractivity contribution in [3.63, 3.8) is 0 Å².